The highest BCUT2D eigenvalue weighted by Gasteiger charge is 2.15. The fourth-order valence-electron chi connectivity index (χ4n) is 2.33. The topological polar surface area (TPSA) is 67.9 Å². The summed E-state index contributed by atoms with van der Waals surface area (Å²) in [6.07, 6.45) is 0. The zero-order chi connectivity index (χ0) is 14.8. The van der Waals surface area contributed by atoms with Crippen LogP contribution in [0.3, 0.4) is 0 Å². The van der Waals surface area contributed by atoms with Crippen molar-refractivity contribution in [2.45, 2.75) is 13.5 Å². The number of rotatable bonds is 2. The molecule has 21 heavy (non-hydrogen) atoms. The van der Waals surface area contributed by atoms with E-state index in [0.717, 1.165) is 22.5 Å². The van der Waals surface area contributed by atoms with Gasteiger partial charge >= 0.3 is 0 Å². The van der Waals surface area contributed by atoms with Crippen molar-refractivity contribution in [1.82, 2.24) is 0 Å². The van der Waals surface area contributed by atoms with E-state index in [0.29, 0.717) is 12.3 Å². The summed E-state index contributed by atoms with van der Waals surface area (Å²) in [6, 6.07) is 14.3. The van der Waals surface area contributed by atoms with Gasteiger partial charge in [0.2, 0.25) is 0 Å². The average Bonchev–Trinajstić information content (AvgIpc) is 2.65. The van der Waals surface area contributed by atoms with Gasteiger partial charge in [-0.1, -0.05) is 30.3 Å². The lowest BCUT2D eigenvalue weighted by Crippen LogP contribution is -2.11. The minimum atomic E-state index is -0.401. The third-order valence-corrected chi connectivity index (χ3v) is 3.36. The molecule has 0 aromatic heterocycles. The number of non-ortho nitro benzene ring substituents is 1. The molecule has 0 spiro atoms. The van der Waals surface area contributed by atoms with Gasteiger partial charge in [-0.2, -0.15) is 0 Å². The number of benzene rings is 2. The number of nitro benzene ring substituents is 1. The summed E-state index contributed by atoms with van der Waals surface area (Å²) in [4.78, 5) is 19.7. The Hall–Kier alpha value is -2.82. The van der Waals surface area contributed by atoms with Gasteiger partial charge in [-0.15, -0.1) is 0 Å². The molecule has 0 saturated heterocycles. The number of nitro groups is 1. The third kappa shape index (κ3) is 2.58. The number of hydrogen-bond acceptors (Lipinski definition) is 4. The molecule has 1 aliphatic rings. The van der Waals surface area contributed by atoms with Crippen molar-refractivity contribution in [1.29, 1.82) is 0 Å². The maximum Gasteiger partial charge on any atom is 0.270 e. The largest absolute Gasteiger partial charge is 0.278 e. The first kappa shape index (κ1) is 13.2. The van der Waals surface area contributed by atoms with Crippen LogP contribution in [-0.2, 0) is 6.54 Å². The van der Waals surface area contributed by atoms with Gasteiger partial charge in [0, 0.05) is 17.7 Å². The number of hydrogen-bond donors (Lipinski definition) is 0. The summed E-state index contributed by atoms with van der Waals surface area (Å²) >= 11 is 0. The molecule has 0 unspecified atom stereocenters. The highest BCUT2D eigenvalue weighted by atomic mass is 16.6. The highest BCUT2D eigenvalue weighted by Crippen LogP contribution is 2.24. The van der Waals surface area contributed by atoms with Crippen molar-refractivity contribution in [3.63, 3.8) is 0 Å². The monoisotopic (exact) mass is 279 g/mol. The molecule has 0 amide bonds. The molecule has 2 aromatic rings. The van der Waals surface area contributed by atoms with E-state index < -0.39 is 4.92 Å². The summed E-state index contributed by atoms with van der Waals surface area (Å²) < 4.78 is 0. The second kappa shape index (κ2) is 5.28. The Bertz CT molecular complexity index is 779. The van der Waals surface area contributed by atoms with Gasteiger partial charge in [-0.3, -0.25) is 20.1 Å². The van der Waals surface area contributed by atoms with Gasteiger partial charge in [0.25, 0.3) is 5.69 Å². The Morgan fingerprint density at radius 3 is 2.76 bits per heavy atom. The van der Waals surface area contributed by atoms with Gasteiger partial charge in [0.1, 0.15) is 0 Å². The predicted molar refractivity (Wildman–Crippen MR) is 82.5 cm³/mol. The lowest BCUT2D eigenvalue weighted by atomic mass is 10.1. The third-order valence-electron chi connectivity index (χ3n) is 3.36. The van der Waals surface area contributed by atoms with Crippen molar-refractivity contribution in [3.8, 4) is 0 Å². The molecule has 0 N–H and O–H groups in total. The van der Waals surface area contributed by atoms with Gasteiger partial charge in [-0.25, -0.2) is 0 Å². The van der Waals surface area contributed by atoms with E-state index in [1.54, 1.807) is 6.07 Å². The fourth-order valence-corrected chi connectivity index (χ4v) is 2.33. The quantitative estimate of drug-likeness (QED) is 0.621. The van der Waals surface area contributed by atoms with Crippen molar-refractivity contribution in [3.05, 3.63) is 69.8 Å². The molecule has 5 nitrogen and oxygen atoms in total. The van der Waals surface area contributed by atoms with E-state index >= 15 is 0 Å². The average molecular weight is 279 g/mol. The summed E-state index contributed by atoms with van der Waals surface area (Å²) in [6.45, 7) is 2.40. The molecule has 0 aliphatic carbocycles. The second-order valence-corrected chi connectivity index (χ2v) is 4.80. The maximum absolute atomic E-state index is 10.9. The predicted octanol–water partition coefficient (Wildman–Crippen LogP) is 3.69. The number of nitrogens with zero attached hydrogens (tertiary/aromatic N) is 3. The van der Waals surface area contributed by atoms with E-state index in [9.17, 15) is 10.1 Å². The molecule has 0 bridgehead atoms. The van der Waals surface area contributed by atoms with Gasteiger partial charge in [0.15, 0.2) is 0 Å². The summed E-state index contributed by atoms with van der Waals surface area (Å²) in [5.41, 5.74) is 4.20. The van der Waals surface area contributed by atoms with Crippen LogP contribution in [0.15, 0.2) is 58.5 Å². The Kier molecular flexibility index (Phi) is 3.31. The summed E-state index contributed by atoms with van der Waals surface area (Å²) in [5.74, 6) is 0. The summed E-state index contributed by atoms with van der Waals surface area (Å²) in [7, 11) is 0. The molecule has 104 valence electrons. The highest BCUT2D eigenvalue weighted by molar-refractivity contribution is 6.48. The number of fused-ring (bicyclic) bond motifs is 1. The van der Waals surface area contributed by atoms with Crippen molar-refractivity contribution in [2.24, 2.45) is 9.98 Å². The van der Waals surface area contributed by atoms with Crippen LogP contribution in [0.4, 0.5) is 11.4 Å². The molecular weight excluding hydrogens is 266 g/mol. The molecule has 3 rings (SSSR count). The smallest absolute Gasteiger partial charge is 0.270 e. The molecular formula is C16H13N3O2. The molecule has 5 heteroatoms. The zero-order valence-corrected chi connectivity index (χ0v) is 11.5. The van der Waals surface area contributed by atoms with Crippen molar-refractivity contribution < 1.29 is 4.92 Å². The van der Waals surface area contributed by atoms with E-state index in [4.69, 9.17) is 0 Å². The van der Waals surface area contributed by atoms with Gasteiger partial charge in [0.05, 0.1) is 28.6 Å². The Morgan fingerprint density at radius 2 is 1.95 bits per heavy atom. The summed E-state index contributed by atoms with van der Waals surface area (Å²) in [5, 5.41) is 10.9. The molecule has 2 aromatic carbocycles. The van der Waals surface area contributed by atoms with Crippen LogP contribution < -0.4 is 0 Å². The molecule has 0 radical (unpaired) electrons. The maximum atomic E-state index is 10.9. The lowest BCUT2D eigenvalue weighted by Gasteiger charge is -2.04. The van der Waals surface area contributed by atoms with Gasteiger partial charge in [-0.05, 0) is 18.6 Å². The van der Waals surface area contributed by atoms with E-state index in [1.165, 1.54) is 12.1 Å². The van der Waals surface area contributed by atoms with Crippen LogP contribution >= 0.6 is 0 Å². The van der Waals surface area contributed by atoms with E-state index in [2.05, 4.69) is 9.98 Å². The Labute approximate surface area is 121 Å². The number of para-hydroxylation sites is 1. The molecule has 0 fully saturated rings. The Balaban J connectivity index is 2.06. The SMILES string of the molecule is CC1=Nc2ccccc2CN=C1c1cccc([N+](=O)[O-])c1. The van der Waals surface area contributed by atoms with Crippen LogP contribution in [0.25, 0.3) is 0 Å². The molecule has 1 aliphatic heterocycles. The molecule has 0 atom stereocenters. The molecule has 1 heterocycles. The van der Waals surface area contributed by atoms with Crippen LogP contribution in [0.5, 0.6) is 0 Å². The van der Waals surface area contributed by atoms with Gasteiger partial charge < -0.3 is 0 Å². The minimum Gasteiger partial charge on any atom is -0.278 e. The first-order chi connectivity index (χ1) is 10.1. The lowest BCUT2D eigenvalue weighted by molar-refractivity contribution is -0.384. The second-order valence-electron chi connectivity index (χ2n) is 4.80. The number of aliphatic imine (C=N–C) groups is 2. The van der Waals surface area contributed by atoms with Crippen LogP contribution in [0.1, 0.15) is 18.1 Å². The van der Waals surface area contributed by atoms with Crippen molar-refractivity contribution in [2.75, 3.05) is 0 Å². The van der Waals surface area contributed by atoms with E-state index in [1.807, 2.05) is 37.3 Å². The van der Waals surface area contributed by atoms with Crippen LogP contribution in [-0.4, -0.2) is 16.3 Å². The first-order valence-corrected chi connectivity index (χ1v) is 6.58. The minimum absolute atomic E-state index is 0.0600. The Morgan fingerprint density at radius 1 is 1.14 bits per heavy atom. The van der Waals surface area contributed by atoms with Crippen molar-refractivity contribution >= 4 is 22.8 Å². The normalized spacial score (nSPS) is 13.8. The standard InChI is InChI=1S/C16H13N3O2/c1-11-16(12-6-4-7-14(9-12)19(20)21)17-10-13-5-2-3-8-15(13)18-11/h2-9H,10H2,1H3. The van der Waals surface area contributed by atoms with E-state index in [-0.39, 0.29) is 5.69 Å². The zero-order valence-electron chi connectivity index (χ0n) is 11.5. The fraction of sp³-hybridized carbons (Fsp3) is 0.125. The molecule has 0 saturated carbocycles. The van der Waals surface area contributed by atoms with Crippen LogP contribution in [0, 0.1) is 10.1 Å². The first-order valence-electron chi connectivity index (χ1n) is 6.58. The van der Waals surface area contributed by atoms with Crippen LogP contribution in [0.2, 0.25) is 0 Å².